The summed E-state index contributed by atoms with van der Waals surface area (Å²) in [4.78, 5) is 59.4. The third-order valence-electron chi connectivity index (χ3n) is 5.88. The lowest BCUT2D eigenvalue weighted by Crippen LogP contribution is -2.54. The minimum absolute atomic E-state index is 0.0940. The molecule has 0 spiro atoms. The Labute approximate surface area is 197 Å². The van der Waals surface area contributed by atoms with Gasteiger partial charge < -0.3 is 10.6 Å². The standard InChI is InChI=1S/C24H28N6O4/c1-14(2)21-27-13-10-18(28-21)26-12-4-3-11-25-16-7-5-6-15-20(16)24(34)30(23(15)33)17-8-9-19(31)29-22(17)32/h5-7,10,13-14,17,25H,3-4,8-9,11-12H2,1-2H3,(H,26,27,28)(H,29,31,32). The van der Waals surface area contributed by atoms with Crippen LogP contribution in [0.25, 0.3) is 0 Å². The van der Waals surface area contributed by atoms with Crippen molar-refractivity contribution in [3.05, 3.63) is 47.4 Å². The molecule has 0 saturated carbocycles. The Balaban J connectivity index is 1.32. The topological polar surface area (TPSA) is 133 Å². The van der Waals surface area contributed by atoms with Gasteiger partial charge in [-0.15, -0.1) is 0 Å². The molecule has 2 aromatic rings. The van der Waals surface area contributed by atoms with Gasteiger partial charge in [0, 0.05) is 37.3 Å². The lowest BCUT2D eigenvalue weighted by atomic mass is 10.0. The minimum Gasteiger partial charge on any atom is -0.384 e. The van der Waals surface area contributed by atoms with Crippen LogP contribution in [0.2, 0.25) is 0 Å². The molecule has 2 aliphatic heterocycles. The van der Waals surface area contributed by atoms with Crippen LogP contribution in [-0.2, 0) is 9.59 Å². The zero-order chi connectivity index (χ0) is 24.2. The minimum atomic E-state index is -0.970. The number of piperidine rings is 1. The number of rotatable bonds is 9. The lowest BCUT2D eigenvalue weighted by molar-refractivity contribution is -0.136. The van der Waals surface area contributed by atoms with Crippen LogP contribution in [0.15, 0.2) is 30.5 Å². The maximum absolute atomic E-state index is 13.1. The van der Waals surface area contributed by atoms with Crippen molar-refractivity contribution >= 4 is 35.1 Å². The molecule has 1 saturated heterocycles. The second-order valence-electron chi connectivity index (χ2n) is 8.69. The van der Waals surface area contributed by atoms with Gasteiger partial charge >= 0.3 is 0 Å². The van der Waals surface area contributed by atoms with Crippen molar-refractivity contribution in [3.8, 4) is 0 Å². The van der Waals surface area contributed by atoms with E-state index in [9.17, 15) is 19.2 Å². The van der Waals surface area contributed by atoms with Gasteiger partial charge in [-0.05, 0) is 37.5 Å². The van der Waals surface area contributed by atoms with Crippen LogP contribution in [0, 0.1) is 0 Å². The largest absolute Gasteiger partial charge is 0.384 e. The summed E-state index contributed by atoms with van der Waals surface area (Å²) < 4.78 is 0. The van der Waals surface area contributed by atoms with Crippen molar-refractivity contribution in [3.63, 3.8) is 0 Å². The second kappa shape index (κ2) is 9.98. The molecule has 1 aromatic carbocycles. The number of aromatic nitrogens is 2. The fraction of sp³-hybridized carbons (Fsp3) is 0.417. The average Bonchev–Trinajstić information content (AvgIpc) is 3.07. The number of amides is 4. The van der Waals surface area contributed by atoms with Crippen molar-refractivity contribution in [2.24, 2.45) is 0 Å². The normalized spacial score (nSPS) is 17.7. The van der Waals surface area contributed by atoms with Gasteiger partial charge in [0.25, 0.3) is 11.8 Å². The van der Waals surface area contributed by atoms with E-state index < -0.39 is 29.7 Å². The molecule has 2 aliphatic rings. The van der Waals surface area contributed by atoms with Crippen molar-refractivity contribution < 1.29 is 19.2 Å². The highest BCUT2D eigenvalue weighted by molar-refractivity contribution is 6.25. The van der Waals surface area contributed by atoms with Gasteiger partial charge in [-0.1, -0.05) is 19.9 Å². The highest BCUT2D eigenvalue weighted by Gasteiger charge is 2.45. The number of hydrogen-bond acceptors (Lipinski definition) is 8. The third-order valence-corrected chi connectivity index (χ3v) is 5.88. The molecule has 178 valence electrons. The van der Waals surface area contributed by atoms with Crippen LogP contribution >= 0.6 is 0 Å². The molecule has 0 aliphatic carbocycles. The fourth-order valence-electron chi connectivity index (χ4n) is 4.10. The van der Waals surface area contributed by atoms with E-state index in [0.29, 0.717) is 12.2 Å². The number of carbonyl (C=O) groups excluding carboxylic acids is 4. The lowest BCUT2D eigenvalue weighted by Gasteiger charge is -2.27. The summed E-state index contributed by atoms with van der Waals surface area (Å²) >= 11 is 0. The molecule has 1 fully saturated rings. The number of hydrogen-bond donors (Lipinski definition) is 3. The van der Waals surface area contributed by atoms with Gasteiger partial charge in [-0.3, -0.25) is 29.4 Å². The van der Waals surface area contributed by atoms with Gasteiger partial charge in [-0.25, -0.2) is 9.97 Å². The van der Waals surface area contributed by atoms with E-state index in [4.69, 9.17) is 0 Å². The number of nitrogens with zero attached hydrogens (tertiary/aromatic N) is 3. The summed E-state index contributed by atoms with van der Waals surface area (Å²) in [6.45, 7) is 5.45. The first-order chi connectivity index (χ1) is 16.4. The Morgan fingerprint density at radius 3 is 2.56 bits per heavy atom. The van der Waals surface area contributed by atoms with E-state index in [2.05, 4.69) is 25.9 Å². The highest BCUT2D eigenvalue weighted by atomic mass is 16.2. The molecule has 3 heterocycles. The predicted octanol–water partition coefficient (Wildman–Crippen LogP) is 2.31. The van der Waals surface area contributed by atoms with Gasteiger partial charge in [-0.2, -0.15) is 0 Å². The zero-order valence-corrected chi connectivity index (χ0v) is 19.3. The number of fused-ring (bicyclic) bond motifs is 1. The molecule has 0 bridgehead atoms. The predicted molar refractivity (Wildman–Crippen MR) is 125 cm³/mol. The maximum atomic E-state index is 13.1. The molecule has 1 unspecified atom stereocenters. The Bertz CT molecular complexity index is 1130. The number of nitrogens with one attached hydrogen (secondary N) is 3. The smallest absolute Gasteiger partial charge is 0.264 e. The number of carbonyl (C=O) groups is 4. The van der Waals surface area contributed by atoms with Crippen LogP contribution in [0.1, 0.15) is 72.0 Å². The van der Waals surface area contributed by atoms with Gasteiger partial charge in [0.05, 0.1) is 11.1 Å². The van der Waals surface area contributed by atoms with Gasteiger partial charge in [0.15, 0.2) is 0 Å². The molecule has 10 heteroatoms. The molecular formula is C24H28N6O4. The first kappa shape index (κ1) is 23.3. The number of anilines is 2. The summed E-state index contributed by atoms with van der Waals surface area (Å²) in [5, 5.41) is 8.76. The third kappa shape index (κ3) is 4.75. The molecule has 10 nitrogen and oxygen atoms in total. The van der Waals surface area contributed by atoms with E-state index in [1.165, 1.54) is 0 Å². The van der Waals surface area contributed by atoms with E-state index in [1.54, 1.807) is 24.4 Å². The van der Waals surface area contributed by atoms with Crippen LogP contribution < -0.4 is 16.0 Å². The molecule has 4 amide bonds. The summed E-state index contributed by atoms with van der Waals surface area (Å²) in [7, 11) is 0. The number of imide groups is 2. The average molecular weight is 465 g/mol. The SMILES string of the molecule is CC(C)c1nccc(NCCCCNc2cccc3c2C(=O)N(C2CCC(=O)NC2=O)C3=O)n1. The van der Waals surface area contributed by atoms with Gasteiger partial charge in [0.2, 0.25) is 11.8 Å². The number of unbranched alkanes of at least 4 members (excludes halogenated alkanes) is 1. The molecule has 1 atom stereocenters. The van der Waals surface area contributed by atoms with Crippen molar-refractivity contribution in [1.29, 1.82) is 0 Å². The maximum Gasteiger partial charge on any atom is 0.264 e. The summed E-state index contributed by atoms with van der Waals surface area (Å²) in [5.41, 5.74) is 1.11. The Morgan fingerprint density at radius 1 is 1.06 bits per heavy atom. The van der Waals surface area contributed by atoms with E-state index in [1.807, 2.05) is 19.9 Å². The van der Waals surface area contributed by atoms with Crippen LogP contribution in [0.5, 0.6) is 0 Å². The molecule has 0 radical (unpaired) electrons. The number of benzene rings is 1. The van der Waals surface area contributed by atoms with Gasteiger partial charge in [0.1, 0.15) is 17.7 Å². The van der Waals surface area contributed by atoms with Crippen molar-refractivity contribution in [2.45, 2.75) is 51.5 Å². The Hall–Kier alpha value is -3.82. The van der Waals surface area contributed by atoms with Crippen LogP contribution in [0.4, 0.5) is 11.5 Å². The molecule has 34 heavy (non-hydrogen) atoms. The van der Waals surface area contributed by atoms with Crippen molar-refractivity contribution in [1.82, 2.24) is 20.2 Å². The Morgan fingerprint density at radius 2 is 1.82 bits per heavy atom. The molecule has 3 N–H and O–H groups in total. The first-order valence-electron chi connectivity index (χ1n) is 11.5. The zero-order valence-electron chi connectivity index (χ0n) is 19.3. The molecule has 4 rings (SSSR count). The summed E-state index contributed by atoms with van der Waals surface area (Å²) in [6.07, 6.45) is 3.68. The van der Waals surface area contributed by atoms with E-state index in [-0.39, 0.29) is 29.9 Å². The second-order valence-corrected chi connectivity index (χ2v) is 8.69. The highest BCUT2D eigenvalue weighted by Crippen LogP contribution is 2.32. The first-order valence-corrected chi connectivity index (χ1v) is 11.5. The Kier molecular flexibility index (Phi) is 6.85. The van der Waals surface area contributed by atoms with Crippen LogP contribution in [-0.4, -0.2) is 57.6 Å². The van der Waals surface area contributed by atoms with Crippen LogP contribution in [0.3, 0.4) is 0 Å². The monoisotopic (exact) mass is 464 g/mol. The van der Waals surface area contributed by atoms with E-state index in [0.717, 1.165) is 35.9 Å². The van der Waals surface area contributed by atoms with E-state index >= 15 is 0 Å². The fourth-order valence-corrected chi connectivity index (χ4v) is 4.10. The molecular weight excluding hydrogens is 436 g/mol. The quantitative estimate of drug-likeness (QED) is 0.380. The van der Waals surface area contributed by atoms with Crippen molar-refractivity contribution in [2.75, 3.05) is 23.7 Å². The summed E-state index contributed by atoms with van der Waals surface area (Å²) in [5.74, 6) is -0.164. The molecule has 1 aromatic heterocycles. The summed E-state index contributed by atoms with van der Waals surface area (Å²) in [6, 6.07) is 5.92.